The minimum absolute atomic E-state index is 0.198. The van der Waals surface area contributed by atoms with Gasteiger partial charge in [-0.05, 0) is 50.7 Å². The van der Waals surface area contributed by atoms with Gasteiger partial charge in [0.05, 0.1) is 12.2 Å². The molecule has 0 bridgehead atoms. The van der Waals surface area contributed by atoms with Crippen LogP contribution in [0.5, 0.6) is 0 Å². The second-order valence-electron chi connectivity index (χ2n) is 7.35. The number of aromatic nitrogens is 2. The molecule has 0 saturated heterocycles. The summed E-state index contributed by atoms with van der Waals surface area (Å²) in [5.41, 5.74) is 3.71. The molecule has 132 valence electrons. The van der Waals surface area contributed by atoms with Crippen molar-refractivity contribution < 1.29 is 4.79 Å². The van der Waals surface area contributed by atoms with Crippen LogP contribution in [0.25, 0.3) is 5.69 Å². The molecule has 1 aromatic heterocycles. The summed E-state index contributed by atoms with van der Waals surface area (Å²) in [5.74, 6) is 1.38. The highest BCUT2D eigenvalue weighted by Crippen LogP contribution is 2.26. The Morgan fingerprint density at radius 2 is 1.80 bits per heavy atom. The summed E-state index contributed by atoms with van der Waals surface area (Å²) in [6.45, 7) is 0.525. The number of carbonyl (C=O) groups is 1. The van der Waals surface area contributed by atoms with Gasteiger partial charge in [-0.2, -0.15) is 0 Å². The smallest absolute Gasteiger partial charge is 0.223 e. The van der Waals surface area contributed by atoms with Crippen LogP contribution >= 0.6 is 0 Å². The number of hydrogen-bond acceptors (Lipinski definition) is 2. The molecule has 0 aliphatic heterocycles. The lowest BCUT2D eigenvalue weighted by molar-refractivity contribution is -0.126. The highest BCUT2D eigenvalue weighted by Gasteiger charge is 2.24. The van der Waals surface area contributed by atoms with Crippen LogP contribution < -0.4 is 5.32 Å². The molecule has 1 heterocycles. The third-order valence-electron chi connectivity index (χ3n) is 5.61. The number of imidazole rings is 1. The number of rotatable bonds is 4. The fourth-order valence-corrected chi connectivity index (χ4v) is 4.27. The highest BCUT2D eigenvalue weighted by atomic mass is 16.1. The number of fused-ring (bicyclic) bond motifs is 1. The normalized spacial score (nSPS) is 17.9. The summed E-state index contributed by atoms with van der Waals surface area (Å²) in [7, 11) is 0. The van der Waals surface area contributed by atoms with E-state index in [-0.39, 0.29) is 11.8 Å². The Morgan fingerprint density at radius 3 is 2.60 bits per heavy atom. The molecule has 2 aromatic rings. The molecular weight excluding hydrogens is 310 g/mol. The Kier molecular flexibility index (Phi) is 4.86. The Balaban J connectivity index is 1.56. The quantitative estimate of drug-likeness (QED) is 0.918. The van der Waals surface area contributed by atoms with Crippen LogP contribution in [0.15, 0.2) is 30.3 Å². The minimum atomic E-state index is 0.198. The van der Waals surface area contributed by atoms with E-state index in [1.165, 1.54) is 43.5 Å². The number of nitrogens with one attached hydrogen (secondary N) is 1. The van der Waals surface area contributed by atoms with Crippen molar-refractivity contribution in [1.82, 2.24) is 14.9 Å². The molecule has 1 amide bonds. The molecule has 2 aliphatic rings. The third kappa shape index (κ3) is 3.48. The average Bonchev–Trinajstić information content (AvgIpc) is 3.06. The van der Waals surface area contributed by atoms with Crippen molar-refractivity contribution >= 4 is 5.91 Å². The van der Waals surface area contributed by atoms with Crippen molar-refractivity contribution in [2.45, 2.75) is 64.3 Å². The largest absolute Gasteiger partial charge is 0.349 e. The molecule has 25 heavy (non-hydrogen) atoms. The lowest BCUT2D eigenvalue weighted by Crippen LogP contribution is -2.32. The standard InChI is InChI=1S/C21H27N3O/c25-21(16-9-3-1-4-10-16)22-15-20-23-18-13-7-8-14-19(18)24(20)17-11-5-2-6-12-17/h2,5-6,11-12,16H,1,3-4,7-10,13-15H2,(H,22,25). The monoisotopic (exact) mass is 337 g/mol. The van der Waals surface area contributed by atoms with Gasteiger partial charge in [0, 0.05) is 17.3 Å². The molecule has 2 aliphatic carbocycles. The van der Waals surface area contributed by atoms with E-state index in [2.05, 4.69) is 34.1 Å². The SMILES string of the molecule is O=C(NCc1nc2c(n1-c1ccccc1)CCCC2)C1CCCCC1. The molecule has 0 atom stereocenters. The first-order chi connectivity index (χ1) is 12.3. The van der Waals surface area contributed by atoms with Crippen LogP contribution in [0.3, 0.4) is 0 Å². The van der Waals surface area contributed by atoms with Gasteiger partial charge in [-0.15, -0.1) is 0 Å². The van der Waals surface area contributed by atoms with E-state index in [1.54, 1.807) is 0 Å². The predicted molar refractivity (Wildman–Crippen MR) is 98.6 cm³/mol. The average molecular weight is 337 g/mol. The van der Waals surface area contributed by atoms with Gasteiger partial charge >= 0.3 is 0 Å². The molecule has 4 nitrogen and oxygen atoms in total. The molecule has 1 aromatic carbocycles. The van der Waals surface area contributed by atoms with E-state index in [9.17, 15) is 4.79 Å². The van der Waals surface area contributed by atoms with E-state index in [4.69, 9.17) is 4.98 Å². The fraction of sp³-hybridized carbons (Fsp3) is 0.524. The zero-order chi connectivity index (χ0) is 17.1. The summed E-state index contributed by atoms with van der Waals surface area (Å²) >= 11 is 0. The van der Waals surface area contributed by atoms with Crippen molar-refractivity contribution in [3.05, 3.63) is 47.5 Å². The number of nitrogens with zero attached hydrogens (tertiary/aromatic N) is 2. The second kappa shape index (κ2) is 7.42. The fourth-order valence-electron chi connectivity index (χ4n) is 4.27. The molecule has 4 heteroatoms. The molecular formula is C21H27N3O. The Bertz CT molecular complexity index is 729. The van der Waals surface area contributed by atoms with Crippen LogP contribution in [-0.4, -0.2) is 15.5 Å². The van der Waals surface area contributed by atoms with Gasteiger partial charge in [-0.1, -0.05) is 37.5 Å². The summed E-state index contributed by atoms with van der Waals surface area (Å²) in [6.07, 6.45) is 10.3. The maximum Gasteiger partial charge on any atom is 0.223 e. The van der Waals surface area contributed by atoms with Gasteiger partial charge in [0.15, 0.2) is 0 Å². The zero-order valence-corrected chi connectivity index (χ0v) is 14.8. The molecule has 1 saturated carbocycles. The van der Waals surface area contributed by atoms with E-state index >= 15 is 0 Å². The van der Waals surface area contributed by atoms with Crippen molar-refractivity contribution in [3.63, 3.8) is 0 Å². The molecule has 0 unspecified atom stereocenters. The van der Waals surface area contributed by atoms with E-state index in [1.807, 2.05) is 6.07 Å². The van der Waals surface area contributed by atoms with Crippen LogP contribution in [-0.2, 0) is 24.2 Å². The number of benzene rings is 1. The van der Waals surface area contributed by atoms with Crippen LogP contribution in [0.4, 0.5) is 0 Å². The van der Waals surface area contributed by atoms with Crippen LogP contribution in [0.1, 0.15) is 62.2 Å². The maximum atomic E-state index is 12.5. The number of aryl methyl sites for hydroxylation is 1. The number of carbonyl (C=O) groups excluding carboxylic acids is 1. The number of para-hydroxylation sites is 1. The van der Waals surface area contributed by atoms with Crippen LogP contribution in [0, 0.1) is 5.92 Å². The van der Waals surface area contributed by atoms with Gasteiger partial charge in [0.1, 0.15) is 5.82 Å². The topological polar surface area (TPSA) is 46.9 Å². The maximum absolute atomic E-state index is 12.5. The van der Waals surface area contributed by atoms with Crippen molar-refractivity contribution in [2.75, 3.05) is 0 Å². The minimum Gasteiger partial charge on any atom is -0.349 e. The van der Waals surface area contributed by atoms with Crippen molar-refractivity contribution in [3.8, 4) is 5.69 Å². The van der Waals surface area contributed by atoms with Crippen molar-refractivity contribution in [1.29, 1.82) is 0 Å². The van der Waals surface area contributed by atoms with Crippen molar-refractivity contribution in [2.24, 2.45) is 5.92 Å². The highest BCUT2D eigenvalue weighted by molar-refractivity contribution is 5.78. The predicted octanol–water partition coefficient (Wildman–Crippen LogP) is 3.95. The van der Waals surface area contributed by atoms with Gasteiger partial charge < -0.3 is 5.32 Å². The number of amides is 1. The Hall–Kier alpha value is -2.10. The second-order valence-corrected chi connectivity index (χ2v) is 7.35. The van der Waals surface area contributed by atoms with E-state index in [0.29, 0.717) is 6.54 Å². The van der Waals surface area contributed by atoms with E-state index in [0.717, 1.165) is 37.2 Å². The first kappa shape index (κ1) is 16.4. The molecule has 0 spiro atoms. The van der Waals surface area contributed by atoms with Gasteiger partial charge in [-0.25, -0.2) is 4.98 Å². The molecule has 1 N–H and O–H groups in total. The van der Waals surface area contributed by atoms with Gasteiger partial charge in [0.2, 0.25) is 5.91 Å². The first-order valence-corrected chi connectivity index (χ1v) is 9.75. The lowest BCUT2D eigenvalue weighted by Gasteiger charge is -2.21. The summed E-state index contributed by atoms with van der Waals surface area (Å²) in [5, 5.41) is 3.17. The third-order valence-corrected chi connectivity index (χ3v) is 5.61. The summed E-state index contributed by atoms with van der Waals surface area (Å²) < 4.78 is 2.27. The van der Waals surface area contributed by atoms with Gasteiger partial charge in [-0.3, -0.25) is 9.36 Å². The molecule has 4 rings (SSSR count). The molecule has 1 fully saturated rings. The lowest BCUT2D eigenvalue weighted by atomic mass is 9.89. The summed E-state index contributed by atoms with van der Waals surface area (Å²) in [6, 6.07) is 10.4. The van der Waals surface area contributed by atoms with Gasteiger partial charge in [0.25, 0.3) is 0 Å². The van der Waals surface area contributed by atoms with Crippen LogP contribution in [0.2, 0.25) is 0 Å². The first-order valence-electron chi connectivity index (χ1n) is 9.75. The zero-order valence-electron chi connectivity index (χ0n) is 14.8. The Morgan fingerprint density at radius 1 is 1.04 bits per heavy atom. The summed E-state index contributed by atoms with van der Waals surface area (Å²) in [4.78, 5) is 17.4. The Labute approximate surface area is 149 Å². The number of hydrogen-bond donors (Lipinski definition) is 1. The molecule has 0 radical (unpaired) electrons. The van der Waals surface area contributed by atoms with E-state index < -0.39 is 0 Å².